The van der Waals surface area contributed by atoms with E-state index in [1.165, 1.54) is 0 Å². The van der Waals surface area contributed by atoms with Gasteiger partial charge in [0.15, 0.2) is 5.82 Å². The van der Waals surface area contributed by atoms with Gasteiger partial charge in [-0.2, -0.15) is 5.21 Å². The maximum absolute atomic E-state index is 11.9. The number of hydrogen-bond acceptors (Lipinski definition) is 5. The van der Waals surface area contributed by atoms with Crippen molar-refractivity contribution in [1.29, 1.82) is 0 Å². The lowest BCUT2D eigenvalue weighted by atomic mass is 10.1. The monoisotopic (exact) mass is 289 g/mol. The van der Waals surface area contributed by atoms with Gasteiger partial charge in [-0.15, -0.1) is 10.2 Å². The summed E-state index contributed by atoms with van der Waals surface area (Å²) in [4.78, 5) is 11.9. The predicted octanol–water partition coefficient (Wildman–Crippen LogP) is 1.36. The van der Waals surface area contributed by atoms with Crippen LogP contribution in [0.25, 0.3) is 0 Å². The van der Waals surface area contributed by atoms with E-state index < -0.39 is 0 Å². The number of carbonyl (C=O) groups is 1. The molecule has 0 bridgehead atoms. The number of aromatic nitrogens is 4. The van der Waals surface area contributed by atoms with Crippen LogP contribution in [0.3, 0.4) is 0 Å². The highest BCUT2D eigenvalue weighted by atomic mass is 16.2. The lowest BCUT2D eigenvalue weighted by Gasteiger charge is -2.13. The van der Waals surface area contributed by atoms with Crippen molar-refractivity contribution in [2.24, 2.45) is 0 Å². The highest BCUT2D eigenvalue weighted by Gasteiger charge is 2.13. The number of anilines is 1. The van der Waals surface area contributed by atoms with E-state index in [1.807, 2.05) is 31.3 Å². The van der Waals surface area contributed by atoms with Crippen LogP contribution >= 0.6 is 0 Å². The maximum Gasteiger partial charge on any atom is 0.319 e. The summed E-state index contributed by atoms with van der Waals surface area (Å²) in [5, 5.41) is 22.1. The third kappa shape index (κ3) is 3.99. The molecule has 0 aliphatic heterocycles. The van der Waals surface area contributed by atoms with Gasteiger partial charge in [0.25, 0.3) is 0 Å². The predicted molar refractivity (Wildman–Crippen MR) is 78.7 cm³/mol. The van der Waals surface area contributed by atoms with Crippen LogP contribution in [0.15, 0.2) is 24.3 Å². The van der Waals surface area contributed by atoms with Crippen LogP contribution in [-0.4, -0.2) is 33.7 Å². The van der Waals surface area contributed by atoms with Gasteiger partial charge >= 0.3 is 6.03 Å². The molecule has 112 valence electrons. The van der Waals surface area contributed by atoms with Crippen LogP contribution in [0, 0.1) is 0 Å². The number of carbonyl (C=O) groups excluding carboxylic acids is 1. The normalized spacial score (nSPS) is 13.5. The van der Waals surface area contributed by atoms with E-state index >= 15 is 0 Å². The largest absolute Gasteiger partial charge is 0.328 e. The van der Waals surface area contributed by atoms with E-state index in [0.29, 0.717) is 5.82 Å². The van der Waals surface area contributed by atoms with Crippen molar-refractivity contribution in [3.8, 4) is 0 Å². The fourth-order valence-corrected chi connectivity index (χ4v) is 1.80. The minimum Gasteiger partial charge on any atom is -0.328 e. The van der Waals surface area contributed by atoms with Crippen LogP contribution in [0.2, 0.25) is 0 Å². The zero-order valence-electron chi connectivity index (χ0n) is 12.2. The molecule has 2 aromatic rings. The van der Waals surface area contributed by atoms with E-state index in [-0.39, 0.29) is 18.1 Å². The van der Waals surface area contributed by atoms with Crippen LogP contribution in [0.1, 0.15) is 37.3 Å². The molecule has 2 unspecified atom stereocenters. The Hall–Kier alpha value is -2.48. The Kier molecular flexibility index (Phi) is 4.83. The Bertz CT molecular complexity index is 567. The summed E-state index contributed by atoms with van der Waals surface area (Å²) in [6.45, 7) is 3.85. The number of hydrogen-bond donors (Lipinski definition) is 4. The number of tetrazole rings is 1. The van der Waals surface area contributed by atoms with Crippen molar-refractivity contribution in [3.05, 3.63) is 35.7 Å². The van der Waals surface area contributed by atoms with Gasteiger partial charge < -0.3 is 16.0 Å². The average Bonchev–Trinajstić information content (AvgIpc) is 3.01. The number of urea groups is 1. The number of nitrogens with zero attached hydrogens (tertiary/aromatic N) is 3. The molecule has 21 heavy (non-hydrogen) atoms. The fraction of sp³-hybridized carbons (Fsp3) is 0.385. The highest BCUT2D eigenvalue weighted by Crippen LogP contribution is 2.15. The second-order valence-electron chi connectivity index (χ2n) is 4.72. The molecule has 4 N–H and O–H groups in total. The summed E-state index contributed by atoms with van der Waals surface area (Å²) < 4.78 is 0. The molecular formula is C13H19N7O. The lowest BCUT2D eigenvalue weighted by molar-refractivity contribution is 0.249. The molecule has 0 saturated heterocycles. The Morgan fingerprint density at radius 1 is 1.19 bits per heavy atom. The molecule has 2 rings (SSSR count). The molecule has 8 nitrogen and oxygen atoms in total. The summed E-state index contributed by atoms with van der Waals surface area (Å²) in [7, 11) is 1.91. The molecule has 0 radical (unpaired) electrons. The second kappa shape index (κ2) is 6.80. The number of nitrogens with one attached hydrogen (secondary N) is 4. The van der Waals surface area contributed by atoms with Crippen LogP contribution < -0.4 is 16.0 Å². The first-order valence-corrected chi connectivity index (χ1v) is 6.68. The van der Waals surface area contributed by atoms with E-state index in [0.717, 1.165) is 11.3 Å². The number of H-pyrrole nitrogens is 1. The third-order valence-electron chi connectivity index (χ3n) is 3.20. The summed E-state index contributed by atoms with van der Waals surface area (Å²) in [5.74, 6) is 0.434. The number of amides is 2. The van der Waals surface area contributed by atoms with Gasteiger partial charge in [0.05, 0.1) is 6.04 Å². The first kappa shape index (κ1) is 14.9. The third-order valence-corrected chi connectivity index (χ3v) is 3.20. The molecule has 0 spiro atoms. The quantitative estimate of drug-likeness (QED) is 0.665. The van der Waals surface area contributed by atoms with Crippen molar-refractivity contribution in [3.63, 3.8) is 0 Å². The standard InChI is InChI=1S/C13H19N7O/c1-8(14-3)10-4-6-11(7-5-10)16-13(21)15-9(2)12-17-19-20-18-12/h4-9,14H,1-3H3,(H2,15,16,21)(H,17,18,19,20). The minimum absolute atomic E-state index is 0.270. The molecule has 0 fully saturated rings. The number of rotatable bonds is 5. The molecule has 0 aliphatic carbocycles. The smallest absolute Gasteiger partial charge is 0.319 e. The first-order chi connectivity index (χ1) is 10.1. The van der Waals surface area contributed by atoms with Crippen LogP contribution in [-0.2, 0) is 0 Å². The highest BCUT2D eigenvalue weighted by molar-refractivity contribution is 5.89. The van der Waals surface area contributed by atoms with Gasteiger partial charge in [-0.1, -0.05) is 17.3 Å². The Balaban J connectivity index is 1.90. The molecule has 0 aliphatic rings. The fourth-order valence-electron chi connectivity index (χ4n) is 1.80. The summed E-state index contributed by atoms with van der Waals surface area (Å²) in [5.41, 5.74) is 1.88. The Labute approximate surface area is 122 Å². The van der Waals surface area contributed by atoms with E-state index in [9.17, 15) is 4.79 Å². The Morgan fingerprint density at radius 3 is 2.48 bits per heavy atom. The zero-order valence-corrected chi connectivity index (χ0v) is 12.2. The molecule has 1 aromatic heterocycles. The van der Waals surface area contributed by atoms with Crippen LogP contribution in [0.4, 0.5) is 10.5 Å². The van der Waals surface area contributed by atoms with Gasteiger partial charge in [0.2, 0.25) is 0 Å². The second-order valence-corrected chi connectivity index (χ2v) is 4.72. The molecule has 2 atom stereocenters. The van der Waals surface area contributed by atoms with Gasteiger partial charge in [0, 0.05) is 11.7 Å². The first-order valence-electron chi connectivity index (χ1n) is 6.68. The topological polar surface area (TPSA) is 108 Å². The van der Waals surface area contributed by atoms with Crippen molar-refractivity contribution in [2.45, 2.75) is 25.9 Å². The summed E-state index contributed by atoms with van der Waals surface area (Å²) >= 11 is 0. The van der Waals surface area contributed by atoms with Crippen molar-refractivity contribution < 1.29 is 4.79 Å². The molecule has 2 amide bonds. The van der Waals surface area contributed by atoms with E-state index in [1.54, 1.807) is 6.92 Å². The van der Waals surface area contributed by atoms with Crippen molar-refractivity contribution in [2.75, 3.05) is 12.4 Å². The van der Waals surface area contributed by atoms with Gasteiger partial charge in [-0.05, 0) is 38.6 Å². The van der Waals surface area contributed by atoms with E-state index in [4.69, 9.17) is 0 Å². The Morgan fingerprint density at radius 2 is 1.90 bits per heavy atom. The zero-order chi connectivity index (χ0) is 15.2. The van der Waals surface area contributed by atoms with Crippen LogP contribution in [0.5, 0.6) is 0 Å². The molecule has 1 aromatic carbocycles. The van der Waals surface area contributed by atoms with Gasteiger partial charge in [0.1, 0.15) is 0 Å². The molecule has 8 heteroatoms. The SMILES string of the molecule is CNC(C)c1ccc(NC(=O)NC(C)c2nn[nH]n2)cc1. The average molecular weight is 289 g/mol. The minimum atomic E-state index is -0.327. The lowest BCUT2D eigenvalue weighted by Crippen LogP contribution is -2.31. The summed E-state index contributed by atoms with van der Waals surface area (Å²) in [6, 6.07) is 7.29. The molecular weight excluding hydrogens is 270 g/mol. The van der Waals surface area contributed by atoms with Gasteiger partial charge in [-0.25, -0.2) is 4.79 Å². The van der Waals surface area contributed by atoms with Crippen molar-refractivity contribution in [1.82, 2.24) is 31.3 Å². The van der Waals surface area contributed by atoms with Gasteiger partial charge in [-0.3, -0.25) is 0 Å². The van der Waals surface area contributed by atoms with E-state index in [2.05, 4.69) is 43.5 Å². The molecule has 1 heterocycles. The molecule has 0 saturated carbocycles. The number of aromatic amines is 1. The summed E-state index contributed by atoms with van der Waals surface area (Å²) in [6.07, 6.45) is 0. The van der Waals surface area contributed by atoms with Crippen molar-refractivity contribution >= 4 is 11.7 Å². The maximum atomic E-state index is 11.9. The number of benzene rings is 1.